The van der Waals surface area contributed by atoms with Gasteiger partial charge in [-0.3, -0.25) is 4.79 Å². The average Bonchev–Trinajstić information content (AvgIpc) is 3.25. The van der Waals surface area contributed by atoms with Gasteiger partial charge < -0.3 is 14.7 Å². The Morgan fingerprint density at radius 1 is 1.06 bits per heavy atom. The van der Waals surface area contributed by atoms with E-state index >= 15 is 0 Å². The van der Waals surface area contributed by atoms with Crippen LogP contribution in [0.5, 0.6) is 11.5 Å². The maximum atomic E-state index is 13.1. The van der Waals surface area contributed by atoms with Crippen LogP contribution in [0.1, 0.15) is 16.1 Å². The number of piperazine rings is 1. The molecule has 10 heteroatoms. The van der Waals surface area contributed by atoms with Crippen LogP contribution in [0.4, 0.5) is 0 Å². The first-order chi connectivity index (χ1) is 15.3. The van der Waals surface area contributed by atoms with Crippen molar-refractivity contribution in [1.82, 2.24) is 19.0 Å². The van der Waals surface area contributed by atoms with E-state index in [9.17, 15) is 18.3 Å². The monoisotopic (exact) mass is 456 g/mol. The number of benzene rings is 2. The van der Waals surface area contributed by atoms with Crippen LogP contribution in [0.2, 0.25) is 0 Å². The first-order valence-electron chi connectivity index (χ1n) is 10.1. The lowest BCUT2D eigenvalue weighted by molar-refractivity contribution is 0.0688. The number of phenolic OH excluding ortho intramolecular Hbond substituents is 1. The van der Waals surface area contributed by atoms with Gasteiger partial charge >= 0.3 is 0 Å². The van der Waals surface area contributed by atoms with Gasteiger partial charge in [-0.15, -0.1) is 0 Å². The van der Waals surface area contributed by atoms with Crippen molar-refractivity contribution in [1.29, 1.82) is 0 Å². The topological polar surface area (TPSA) is 105 Å². The fourth-order valence-corrected chi connectivity index (χ4v) is 5.21. The van der Waals surface area contributed by atoms with Crippen molar-refractivity contribution >= 4 is 15.9 Å². The second kappa shape index (κ2) is 8.64. The van der Waals surface area contributed by atoms with Gasteiger partial charge in [0.05, 0.1) is 19.0 Å². The number of amides is 1. The van der Waals surface area contributed by atoms with Gasteiger partial charge in [0.1, 0.15) is 10.6 Å². The van der Waals surface area contributed by atoms with Crippen LogP contribution in [0.15, 0.2) is 59.6 Å². The van der Waals surface area contributed by atoms with E-state index in [4.69, 9.17) is 4.74 Å². The molecule has 1 saturated heterocycles. The Bertz CT molecular complexity index is 1230. The van der Waals surface area contributed by atoms with Crippen molar-refractivity contribution in [3.05, 3.63) is 66.0 Å². The Morgan fingerprint density at radius 2 is 1.75 bits per heavy atom. The van der Waals surface area contributed by atoms with E-state index in [1.54, 1.807) is 28.8 Å². The predicted molar refractivity (Wildman–Crippen MR) is 118 cm³/mol. The van der Waals surface area contributed by atoms with Crippen molar-refractivity contribution in [2.45, 2.75) is 11.8 Å². The van der Waals surface area contributed by atoms with Gasteiger partial charge in [0.15, 0.2) is 11.4 Å². The summed E-state index contributed by atoms with van der Waals surface area (Å²) in [5.74, 6) is -0.268. The summed E-state index contributed by atoms with van der Waals surface area (Å²) < 4.78 is 34.2. The average molecular weight is 457 g/mol. The largest absolute Gasteiger partial charge is 0.507 e. The Kier molecular flexibility index (Phi) is 5.90. The number of methoxy groups -OCH3 is 1. The number of phenols is 1. The highest BCUT2D eigenvalue weighted by atomic mass is 32.2. The van der Waals surface area contributed by atoms with E-state index in [1.807, 2.05) is 30.3 Å². The highest BCUT2D eigenvalue weighted by Crippen LogP contribution is 2.28. The first kappa shape index (κ1) is 21.8. The van der Waals surface area contributed by atoms with Crippen molar-refractivity contribution < 1.29 is 23.1 Å². The Morgan fingerprint density at radius 3 is 2.41 bits per heavy atom. The molecule has 1 fully saturated rings. The fraction of sp³-hybridized carbons (Fsp3) is 0.273. The highest BCUT2D eigenvalue weighted by Gasteiger charge is 2.33. The Balaban J connectivity index is 1.51. The molecule has 0 saturated carbocycles. The number of aromatic nitrogens is 2. The lowest BCUT2D eigenvalue weighted by atomic mass is 10.2. The van der Waals surface area contributed by atoms with E-state index < -0.39 is 10.0 Å². The summed E-state index contributed by atoms with van der Waals surface area (Å²) in [4.78, 5) is 14.5. The van der Waals surface area contributed by atoms with Crippen LogP contribution in [0, 0.1) is 6.92 Å². The summed E-state index contributed by atoms with van der Waals surface area (Å²) in [6.07, 6.45) is 1.64. The molecular weight excluding hydrogens is 432 g/mol. The number of hydrogen-bond donors (Lipinski definition) is 1. The summed E-state index contributed by atoms with van der Waals surface area (Å²) in [6.45, 7) is 2.39. The van der Waals surface area contributed by atoms with Gasteiger partial charge in [0.2, 0.25) is 10.0 Å². The van der Waals surface area contributed by atoms with Crippen LogP contribution in [-0.4, -0.2) is 71.7 Å². The summed E-state index contributed by atoms with van der Waals surface area (Å²) in [6, 6.07) is 13.8. The summed E-state index contributed by atoms with van der Waals surface area (Å²) >= 11 is 0. The standard InChI is InChI=1S/C22H24N4O5S/c1-16-8-9-18(27)20(14-16)32(29,30)25-12-10-24(11-13-25)22(28)21-19(31-2)15-26(23-21)17-6-4-3-5-7-17/h3-9,14-15,27H,10-13H2,1-2H3. The van der Waals surface area contributed by atoms with E-state index in [0.717, 1.165) is 11.3 Å². The molecule has 4 rings (SSSR count). The molecule has 2 aromatic carbocycles. The molecule has 1 aromatic heterocycles. The van der Waals surface area contributed by atoms with Gasteiger partial charge in [0, 0.05) is 26.2 Å². The molecule has 0 bridgehead atoms. The van der Waals surface area contributed by atoms with Crippen LogP contribution in [-0.2, 0) is 10.0 Å². The number of carbonyl (C=O) groups excluding carboxylic acids is 1. The molecule has 1 amide bonds. The lowest BCUT2D eigenvalue weighted by Crippen LogP contribution is -2.50. The number of sulfonamides is 1. The summed E-state index contributed by atoms with van der Waals surface area (Å²) in [5, 5.41) is 14.4. The molecule has 1 aliphatic rings. The van der Waals surface area contributed by atoms with Crippen LogP contribution >= 0.6 is 0 Å². The Labute approximate surface area is 186 Å². The molecule has 1 aliphatic heterocycles. The number of aryl methyl sites for hydroxylation is 1. The second-order valence-corrected chi connectivity index (χ2v) is 9.40. The molecule has 0 spiro atoms. The van der Waals surface area contributed by atoms with Gasteiger partial charge in [0.25, 0.3) is 5.91 Å². The summed E-state index contributed by atoms with van der Waals surface area (Å²) in [5.41, 5.74) is 1.69. The zero-order valence-corrected chi connectivity index (χ0v) is 18.6. The van der Waals surface area contributed by atoms with Gasteiger partial charge in [-0.1, -0.05) is 24.3 Å². The number of hydrogen-bond acceptors (Lipinski definition) is 6. The van der Waals surface area contributed by atoms with E-state index in [1.165, 1.54) is 23.5 Å². The molecule has 0 radical (unpaired) electrons. The third-order valence-corrected chi connectivity index (χ3v) is 7.31. The number of aromatic hydroxyl groups is 1. The molecule has 2 heterocycles. The quantitative estimate of drug-likeness (QED) is 0.630. The molecular formula is C22H24N4O5S. The third-order valence-electron chi connectivity index (χ3n) is 5.38. The minimum absolute atomic E-state index is 0.114. The van der Waals surface area contributed by atoms with E-state index in [2.05, 4.69) is 5.10 Å². The van der Waals surface area contributed by atoms with Crippen LogP contribution in [0.25, 0.3) is 5.69 Å². The lowest BCUT2D eigenvalue weighted by Gasteiger charge is -2.33. The number of para-hydroxylation sites is 1. The first-order valence-corrected chi connectivity index (χ1v) is 11.5. The predicted octanol–water partition coefficient (Wildman–Crippen LogP) is 2.04. The third kappa shape index (κ3) is 4.06. The van der Waals surface area contributed by atoms with Crippen LogP contribution in [0.3, 0.4) is 0 Å². The normalized spacial score (nSPS) is 15.0. The molecule has 0 aliphatic carbocycles. The molecule has 32 heavy (non-hydrogen) atoms. The minimum atomic E-state index is -3.87. The molecule has 168 valence electrons. The minimum Gasteiger partial charge on any atom is -0.507 e. The zero-order chi connectivity index (χ0) is 22.9. The van der Waals surface area contributed by atoms with E-state index in [0.29, 0.717) is 5.75 Å². The van der Waals surface area contributed by atoms with Gasteiger partial charge in [-0.2, -0.15) is 9.40 Å². The van der Waals surface area contributed by atoms with Crippen molar-refractivity contribution in [3.63, 3.8) is 0 Å². The SMILES string of the molecule is COc1cn(-c2ccccc2)nc1C(=O)N1CCN(S(=O)(=O)c2cc(C)ccc2O)CC1. The van der Waals surface area contributed by atoms with Crippen molar-refractivity contribution in [2.24, 2.45) is 0 Å². The molecule has 3 aromatic rings. The molecule has 1 N–H and O–H groups in total. The van der Waals surface area contributed by atoms with Gasteiger partial charge in [-0.25, -0.2) is 13.1 Å². The Hall–Kier alpha value is -3.37. The van der Waals surface area contributed by atoms with Crippen molar-refractivity contribution in [2.75, 3.05) is 33.3 Å². The smallest absolute Gasteiger partial charge is 0.278 e. The number of ether oxygens (including phenoxy) is 1. The molecule has 0 unspecified atom stereocenters. The zero-order valence-electron chi connectivity index (χ0n) is 17.8. The fourth-order valence-electron chi connectivity index (χ4n) is 3.62. The second-order valence-electron chi connectivity index (χ2n) is 7.49. The van der Waals surface area contributed by atoms with Crippen molar-refractivity contribution in [3.8, 4) is 17.2 Å². The van der Waals surface area contributed by atoms with Gasteiger partial charge in [-0.05, 0) is 36.8 Å². The number of carbonyl (C=O) groups is 1. The maximum Gasteiger partial charge on any atom is 0.278 e. The highest BCUT2D eigenvalue weighted by molar-refractivity contribution is 7.89. The number of rotatable bonds is 5. The molecule has 9 nitrogen and oxygen atoms in total. The number of nitrogens with zero attached hydrogens (tertiary/aromatic N) is 4. The van der Waals surface area contributed by atoms with E-state index in [-0.39, 0.29) is 48.4 Å². The van der Waals surface area contributed by atoms with Crippen LogP contribution < -0.4 is 4.74 Å². The molecule has 0 atom stereocenters. The maximum absolute atomic E-state index is 13.1. The summed E-state index contributed by atoms with van der Waals surface area (Å²) in [7, 11) is -2.40.